The van der Waals surface area contributed by atoms with Gasteiger partial charge >= 0.3 is 0 Å². The van der Waals surface area contributed by atoms with Gasteiger partial charge in [-0.15, -0.1) is 23.7 Å². The summed E-state index contributed by atoms with van der Waals surface area (Å²) in [6.07, 6.45) is 0.730. The number of benzene rings is 1. The van der Waals surface area contributed by atoms with Crippen LogP contribution in [0.3, 0.4) is 0 Å². The fourth-order valence-electron chi connectivity index (χ4n) is 2.37. The van der Waals surface area contributed by atoms with E-state index in [1.807, 2.05) is 12.4 Å². The lowest BCUT2D eigenvalue weighted by molar-refractivity contribution is 0.417. The molecule has 3 rings (SSSR count). The Morgan fingerprint density at radius 3 is 2.75 bits per heavy atom. The summed E-state index contributed by atoms with van der Waals surface area (Å²) in [5.41, 5.74) is 4.36. The minimum Gasteiger partial charge on any atom is -0.332 e. The molecule has 1 aromatic carbocycles. The Bertz CT molecular complexity index is 815. The normalized spacial score (nSPS) is 12.0. The molecule has 0 saturated carbocycles. The largest absolute Gasteiger partial charge is 0.332 e. The van der Waals surface area contributed by atoms with Crippen molar-refractivity contribution in [2.24, 2.45) is 0 Å². The Labute approximate surface area is 151 Å². The molecule has 0 saturated heterocycles. The molecule has 128 valence electrons. The van der Waals surface area contributed by atoms with Crippen molar-refractivity contribution in [3.63, 3.8) is 0 Å². The third kappa shape index (κ3) is 4.01. The van der Waals surface area contributed by atoms with E-state index in [2.05, 4.69) is 59.4 Å². The molecule has 1 atom stereocenters. The van der Waals surface area contributed by atoms with Gasteiger partial charge in [-0.2, -0.15) is 4.98 Å². The van der Waals surface area contributed by atoms with E-state index in [1.54, 1.807) is 11.3 Å². The fourth-order valence-corrected chi connectivity index (χ4v) is 3.25. The van der Waals surface area contributed by atoms with Crippen molar-refractivity contribution in [3.05, 3.63) is 40.5 Å². The first-order chi connectivity index (χ1) is 11.1. The highest BCUT2D eigenvalue weighted by molar-refractivity contribution is 7.13. The fraction of sp³-hybridized carbons (Fsp3) is 0.353. The van der Waals surface area contributed by atoms with Crippen molar-refractivity contribution in [2.45, 2.75) is 33.2 Å². The van der Waals surface area contributed by atoms with E-state index in [4.69, 9.17) is 4.52 Å². The number of thiazole rings is 1. The number of halogens is 1. The number of hydrogen-bond acceptors (Lipinski definition) is 6. The molecule has 2 aromatic heterocycles. The summed E-state index contributed by atoms with van der Waals surface area (Å²) in [7, 11) is 1.92. The second-order valence-corrected chi connectivity index (χ2v) is 6.62. The van der Waals surface area contributed by atoms with Gasteiger partial charge in [0.05, 0.1) is 0 Å². The molecule has 7 heteroatoms. The SMILES string of the molecule is CNC(C)Cc1noc(-c2csc(-c3ccc(C)cc3C)n2)n1.Cl. The molecule has 0 spiro atoms. The molecular weight excluding hydrogens is 344 g/mol. The van der Waals surface area contributed by atoms with Crippen molar-refractivity contribution < 1.29 is 4.52 Å². The van der Waals surface area contributed by atoms with Gasteiger partial charge in [0.25, 0.3) is 5.89 Å². The first-order valence-corrected chi connectivity index (χ1v) is 8.48. The van der Waals surface area contributed by atoms with Gasteiger partial charge in [0.1, 0.15) is 10.7 Å². The number of aryl methyl sites for hydroxylation is 2. The van der Waals surface area contributed by atoms with Crippen LogP contribution in [0, 0.1) is 13.8 Å². The van der Waals surface area contributed by atoms with Gasteiger partial charge in [-0.05, 0) is 33.4 Å². The first kappa shape index (κ1) is 18.6. The number of rotatable bonds is 5. The molecular formula is C17H21ClN4OS. The number of hydrogen-bond donors (Lipinski definition) is 1. The molecule has 5 nitrogen and oxygen atoms in total. The number of nitrogens with one attached hydrogen (secondary N) is 1. The standard InChI is InChI=1S/C17H20N4OS.ClH/c1-10-5-6-13(11(2)7-10)17-19-14(9-23-17)16-20-15(21-22-16)8-12(3)18-4;/h5-7,9,12,18H,8H2,1-4H3;1H. The smallest absolute Gasteiger partial charge is 0.277 e. The maximum atomic E-state index is 5.35. The molecule has 24 heavy (non-hydrogen) atoms. The van der Waals surface area contributed by atoms with E-state index in [1.165, 1.54) is 11.1 Å². The van der Waals surface area contributed by atoms with Crippen LogP contribution in [0.2, 0.25) is 0 Å². The Morgan fingerprint density at radius 1 is 1.25 bits per heavy atom. The summed E-state index contributed by atoms with van der Waals surface area (Å²) >= 11 is 1.59. The molecule has 0 bridgehead atoms. The molecule has 3 aromatic rings. The van der Waals surface area contributed by atoms with Gasteiger partial charge in [-0.25, -0.2) is 4.98 Å². The quantitative estimate of drug-likeness (QED) is 0.739. The molecule has 2 heterocycles. The van der Waals surface area contributed by atoms with Crippen LogP contribution in [-0.4, -0.2) is 28.2 Å². The van der Waals surface area contributed by atoms with Crippen LogP contribution >= 0.6 is 23.7 Å². The van der Waals surface area contributed by atoms with Gasteiger partial charge in [-0.3, -0.25) is 0 Å². The molecule has 0 aliphatic heterocycles. The third-order valence-corrected chi connectivity index (χ3v) is 4.66. The summed E-state index contributed by atoms with van der Waals surface area (Å²) in [6.45, 7) is 6.28. The van der Waals surface area contributed by atoms with Gasteiger partial charge < -0.3 is 9.84 Å². The lowest BCUT2D eigenvalue weighted by atomic mass is 10.1. The van der Waals surface area contributed by atoms with Crippen molar-refractivity contribution in [1.29, 1.82) is 0 Å². The molecule has 0 radical (unpaired) electrons. The monoisotopic (exact) mass is 364 g/mol. The molecule has 1 N–H and O–H groups in total. The second kappa shape index (κ2) is 7.88. The van der Waals surface area contributed by atoms with Crippen LogP contribution in [0.1, 0.15) is 23.9 Å². The minimum absolute atomic E-state index is 0. The predicted molar refractivity (Wildman–Crippen MR) is 99.8 cm³/mol. The maximum absolute atomic E-state index is 5.35. The second-order valence-electron chi connectivity index (χ2n) is 5.77. The van der Waals surface area contributed by atoms with Crippen LogP contribution in [0.25, 0.3) is 22.2 Å². The van der Waals surface area contributed by atoms with Crippen molar-refractivity contribution in [2.75, 3.05) is 7.05 Å². The average molecular weight is 365 g/mol. The molecule has 1 unspecified atom stereocenters. The van der Waals surface area contributed by atoms with E-state index in [0.29, 0.717) is 17.8 Å². The summed E-state index contributed by atoms with van der Waals surface area (Å²) in [5.74, 6) is 1.18. The third-order valence-electron chi connectivity index (χ3n) is 3.79. The van der Waals surface area contributed by atoms with Crippen LogP contribution in [0.15, 0.2) is 28.1 Å². The number of nitrogens with zero attached hydrogens (tertiary/aromatic N) is 3. The maximum Gasteiger partial charge on any atom is 0.277 e. The van der Waals surface area contributed by atoms with Gasteiger partial charge in [0, 0.05) is 23.4 Å². The predicted octanol–water partition coefficient (Wildman–Crippen LogP) is 4.05. The Kier molecular flexibility index (Phi) is 6.10. The summed E-state index contributed by atoms with van der Waals surface area (Å²) in [5, 5.41) is 10.1. The lowest BCUT2D eigenvalue weighted by Gasteiger charge is -2.04. The summed E-state index contributed by atoms with van der Waals surface area (Å²) in [4.78, 5) is 9.10. The average Bonchev–Trinajstić information content (AvgIpc) is 3.16. The van der Waals surface area contributed by atoms with Crippen molar-refractivity contribution in [3.8, 4) is 22.2 Å². The Balaban J connectivity index is 0.00000208. The molecule has 0 amide bonds. The van der Waals surface area contributed by atoms with E-state index < -0.39 is 0 Å². The zero-order valence-corrected chi connectivity index (χ0v) is 15.8. The van der Waals surface area contributed by atoms with E-state index in [-0.39, 0.29) is 12.4 Å². The summed E-state index contributed by atoms with van der Waals surface area (Å²) in [6, 6.07) is 6.69. The van der Waals surface area contributed by atoms with Crippen LogP contribution < -0.4 is 5.32 Å². The highest BCUT2D eigenvalue weighted by Gasteiger charge is 2.15. The van der Waals surface area contributed by atoms with E-state index >= 15 is 0 Å². The zero-order valence-electron chi connectivity index (χ0n) is 14.2. The minimum atomic E-state index is 0. The zero-order chi connectivity index (χ0) is 16.4. The van der Waals surface area contributed by atoms with Gasteiger partial charge in [0.2, 0.25) is 0 Å². The van der Waals surface area contributed by atoms with Gasteiger partial charge in [-0.1, -0.05) is 28.9 Å². The van der Waals surface area contributed by atoms with Crippen LogP contribution in [-0.2, 0) is 6.42 Å². The van der Waals surface area contributed by atoms with Gasteiger partial charge in [0.15, 0.2) is 5.82 Å². The van der Waals surface area contributed by atoms with Crippen LogP contribution in [0.5, 0.6) is 0 Å². The van der Waals surface area contributed by atoms with E-state index in [9.17, 15) is 0 Å². The van der Waals surface area contributed by atoms with Crippen LogP contribution in [0.4, 0.5) is 0 Å². The molecule has 0 fully saturated rings. The number of aromatic nitrogens is 3. The van der Waals surface area contributed by atoms with Crippen molar-refractivity contribution >= 4 is 23.7 Å². The highest BCUT2D eigenvalue weighted by Crippen LogP contribution is 2.30. The summed E-state index contributed by atoms with van der Waals surface area (Å²) < 4.78 is 5.35. The molecule has 0 aliphatic rings. The van der Waals surface area contributed by atoms with Crippen molar-refractivity contribution in [1.82, 2.24) is 20.4 Å². The van der Waals surface area contributed by atoms with E-state index in [0.717, 1.165) is 22.7 Å². The molecule has 0 aliphatic carbocycles. The highest BCUT2D eigenvalue weighted by atomic mass is 35.5. The topological polar surface area (TPSA) is 63.8 Å². The lowest BCUT2D eigenvalue weighted by Crippen LogP contribution is -2.24. The Hall–Kier alpha value is -1.76. The Morgan fingerprint density at radius 2 is 2.04 bits per heavy atom. The number of likely N-dealkylation sites (N-methyl/N-ethyl adjacent to an activating group) is 1. The first-order valence-electron chi connectivity index (χ1n) is 7.60.